The first-order valence-corrected chi connectivity index (χ1v) is 5.35. The molecule has 1 rings (SSSR count). The quantitative estimate of drug-likeness (QED) is 0.689. The van der Waals surface area contributed by atoms with Gasteiger partial charge in [0.1, 0.15) is 0 Å². The summed E-state index contributed by atoms with van der Waals surface area (Å²) in [6.07, 6.45) is -10.0. The number of hydrogen-bond donors (Lipinski definition) is 1. The highest BCUT2D eigenvalue weighted by Crippen LogP contribution is 2.30. The number of nitrogens with one attached hydrogen (secondary N) is 1. The molecule has 0 aliphatic rings. The van der Waals surface area contributed by atoms with Gasteiger partial charge in [-0.3, -0.25) is 4.79 Å². The van der Waals surface area contributed by atoms with Gasteiger partial charge in [0.25, 0.3) is 5.82 Å². The Morgan fingerprint density at radius 3 is 2.33 bits per heavy atom. The highest BCUT2D eigenvalue weighted by Gasteiger charge is 2.38. The maximum atomic E-state index is 12.4. The smallest absolute Gasteiger partial charge is 0.360 e. The first-order valence-electron chi connectivity index (χ1n) is 5.35. The fraction of sp³-hybridized carbons (Fsp3) is 0.364. The van der Waals surface area contributed by atoms with Gasteiger partial charge in [0, 0.05) is 6.54 Å². The summed E-state index contributed by atoms with van der Waals surface area (Å²) in [7, 11) is 0. The van der Waals surface area contributed by atoms with Gasteiger partial charge in [-0.25, -0.2) is 0 Å². The normalized spacial score (nSPS) is 11.9. The second kappa shape index (κ2) is 5.99. The first kappa shape index (κ1) is 16.7. The summed E-state index contributed by atoms with van der Waals surface area (Å²) in [5, 5.41) is 1.55. The summed E-state index contributed by atoms with van der Waals surface area (Å²) in [6, 6.07) is 1.57. The van der Waals surface area contributed by atoms with Crippen molar-refractivity contribution in [3.8, 4) is 0 Å². The maximum absolute atomic E-state index is 12.4. The molecule has 4 nitrogen and oxygen atoms in total. The monoisotopic (exact) mass is 311 g/mol. The van der Waals surface area contributed by atoms with Crippen LogP contribution in [-0.2, 0) is 17.4 Å². The Kier molecular flexibility index (Phi) is 4.77. The molecule has 1 aromatic rings. The summed E-state index contributed by atoms with van der Waals surface area (Å²) in [6.45, 7) is 6.25. The van der Waals surface area contributed by atoms with E-state index in [1.165, 1.54) is 0 Å². The van der Waals surface area contributed by atoms with Crippen molar-refractivity contribution < 1.29 is 31.1 Å². The zero-order valence-corrected chi connectivity index (χ0v) is 10.1. The minimum absolute atomic E-state index is 0.0143. The molecule has 0 fully saturated rings. The van der Waals surface area contributed by atoms with Gasteiger partial charge < -0.3 is 10.2 Å². The number of nitrogens with zero attached hydrogens (tertiary/aromatic N) is 2. The van der Waals surface area contributed by atoms with Crippen LogP contribution < -0.4 is 5.32 Å². The Morgan fingerprint density at radius 2 is 1.86 bits per heavy atom. The number of carbonyl (C=O) groups is 1. The Hall–Kier alpha value is -2.31. The lowest BCUT2D eigenvalue weighted by Gasteiger charge is -2.09. The van der Waals surface area contributed by atoms with E-state index >= 15 is 0 Å². The van der Waals surface area contributed by atoms with Crippen molar-refractivity contribution in [3.05, 3.63) is 34.8 Å². The summed E-state index contributed by atoms with van der Waals surface area (Å²) in [5.74, 6) is -2.72. The molecule has 0 aromatic carbocycles. The van der Waals surface area contributed by atoms with Gasteiger partial charge >= 0.3 is 18.3 Å². The molecule has 0 saturated carbocycles. The van der Waals surface area contributed by atoms with E-state index in [-0.39, 0.29) is 12.0 Å². The van der Waals surface area contributed by atoms with Crippen molar-refractivity contribution in [2.75, 3.05) is 6.54 Å². The number of hydrogen-bond acceptors (Lipinski definition) is 2. The molecule has 0 atom stereocenters. The molecule has 0 bridgehead atoms. The van der Waals surface area contributed by atoms with Crippen LogP contribution >= 0.6 is 0 Å². The van der Waals surface area contributed by atoms with Crippen molar-refractivity contribution in [2.24, 2.45) is 0 Å². The van der Waals surface area contributed by atoms with E-state index in [1.54, 1.807) is 5.32 Å². The molecule has 1 N–H and O–H groups in total. The molecule has 0 spiro atoms. The predicted molar refractivity (Wildman–Crippen MR) is 58.3 cm³/mol. The van der Waals surface area contributed by atoms with E-state index in [9.17, 15) is 31.1 Å². The molecule has 10 heteroatoms. The predicted octanol–water partition coefficient (Wildman–Crippen LogP) is 2.87. The second-order valence-electron chi connectivity index (χ2n) is 3.79. The van der Waals surface area contributed by atoms with E-state index in [1.807, 2.05) is 0 Å². The van der Waals surface area contributed by atoms with Crippen LogP contribution in [0.5, 0.6) is 0 Å². The third-order valence-electron chi connectivity index (χ3n) is 2.29. The van der Waals surface area contributed by atoms with Gasteiger partial charge in [0.2, 0.25) is 5.69 Å². The van der Waals surface area contributed by atoms with Crippen molar-refractivity contribution in [2.45, 2.75) is 18.8 Å². The maximum Gasteiger partial charge on any atom is 0.471 e. The zero-order chi connectivity index (χ0) is 16.3. The van der Waals surface area contributed by atoms with Gasteiger partial charge in [-0.1, -0.05) is 12.6 Å². The molecule has 114 valence electrons. The Labute approximate surface area is 114 Å². The third kappa shape index (κ3) is 4.62. The molecule has 1 aromatic heterocycles. The molecule has 0 aliphatic heterocycles. The summed E-state index contributed by atoms with van der Waals surface area (Å²) < 4.78 is 72.9. The number of halogens is 6. The van der Waals surface area contributed by atoms with Crippen LogP contribution in [0.2, 0.25) is 0 Å². The van der Waals surface area contributed by atoms with Crippen LogP contribution in [0.4, 0.5) is 32.2 Å². The van der Waals surface area contributed by atoms with Crippen molar-refractivity contribution in [1.82, 2.24) is 10.3 Å². The fourth-order valence-electron chi connectivity index (χ4n) is 1.34. The average Bonchev–Trinajstić information content (AvgIpc) is 2.36. The highest BCUT2D eigenvalue weighted by atomic mass is 19.4. The van der Waals surface area contributed by atoms with Crippen molar-refractivity contribution in [3.63, 3.8) is 0 Å². The lowest BCUT2D eigenvalue weighted by Crippen LogP contribution is -2.37. The molecule has 21 heavy (non-hydrogen) atoms. The van der Waals surface area contributed by atoms with Gasteiger partial charge in [-0.2, -0.15) is 26.3 Å². The van der Waals surface area contributed by atoms with Crippen LogP contribution in [0.25, 0.3) is 4.85 Å². The van der Waals surface area contributed by atoms with Gasteiger partial charge in [0.05, 0.1) is 0 Å². The second-order valence-corrected chi connectivity index (χ2v) is 3.79. The molecule has 0 aliphatic carbocycles. The molecular formula is C11H7F6N3O. The molecular weight excluding hydrogens is 304 g/mol. The van der Waals surface area contributed by atoms with E-state index in [0.717, 1.165) is 6.07 Å². The number of amides is 1. The van der Waals surface area contributed by atoms with Crippen LogP contribution in [0.3, 0.4) is 0 Å². The van der Waals surface area contributed by atoms with E-state index in [4.69, 9.17) is 6.57 Å². The standard InChI is InChI=1S/C11H7F6N3O/c1-18-8-6(2-3-7(20-8)10(12,13)14)4-5-19-9(21)11(15,16)17/h2-3H,4-5H2,(H,19,21). The molecule has 0 radical (unpaired) electrons. The van der Waals surface area contributed by atoms with Crippen LogP contribution in [0, 0.1) is 6.57 Å². The lowest BCUT2D eigenvalue weighted by atomic mass is 10.1. The number of alkyl halides is 6. The summed E-state index contributed by atoms with van der Waals surface area (Å²) in [5.41, 5.74) is -1.25. The Bertz CT molecular complexity index is 573. The topological polar surface area (TPSA) is 46.4 Å². The number of rotatable bonds is 3. The Balaban J connectivity index is 2.77. The summed E-state index contributed by atoms with van der Waals surface area (Å²) >= 11 is 0. The zero-order valence-electron chi connectivity index (χ0n) is 10.1. The van der Waals surface area contributed by atoms with E-state index in [2.05, 4.69) is 9.83 Å². The van der Waals surface area contributed by atoms with E-state index < -0.39 is 36.3 Å². The number of aromatic nitrogens is 1. The number of carbonyl (C=O) groups excluding carboxylic acids is 1. The van der Waals surface area contributed by atoms with Crippen LogP contribution in [0.15, 0.2) is 12.1 Å². The van der Waals surface area contributed by atoms with Gasteiger partial charge in [0.15, 0.2) is 0 Å². The van der Waals surface area contributed by atoms with Gasteiger partial charge in [-0.15, -0.1) is 4.98 Å². The lowest BCUT2D eigenvalue weighted by molar-refractivity contribution is -0.173. The van der Waals surface area contributed by atoms with E-state index in [0.29, 0.717) is 6.07 Å². The van der Waals surface area contributed by atoms with Crippen molar-refractivity contribution >= 4 is 11.7 Å². The number of pyridine rings is 1. The van der Waals surface area contributed by atoms with Crippen LogP contribution in [-0.4, -0.2) is 23.6 Å². The minimum atomic E-state index is -5.04. The first-order chi connectivity index (χ1) is 9.55. The van der Waals surface area contributed by atoms with Gasteiger partial charge in [-0.05, 0) is 18.1 Å². The fourth-order valence-corrected chi connectivity index (χ4v) is 1.34. The van der Waals surface area contributed by atoms with Crippen molar-refractivity contribution in [1.29, 1.82) is 0 Å². The molecule has 1 heterocycles. The Morgan fingerprint density at radius 1 is 1.24 bits per heavy atom. The average molecular weight is 311 g/mol. The largest absolute Gasteiger partial charge is 0.471 e. The van der Waals surface area contributed by atoms with Crippen LogP contribution in [0.1, 0.15) is 11.3 Å². The minimum Gasteiger partial charge on any atom is -0.360 e. The summed E-state index contributed by atoms with van der Waals surface area (Å²) in [4.78, 5) is 16.4. The molecule has 0 saturated heterocycles. The molecule has 1 amide bonds. The third-order valence-corrected chi connectivity index (χ3v) is 2.29. The highest BCUT2D eigenvalue weighted by molar-refractivity contribution is 5.81. The SMILES string of the molecule is [C-]#[N+]c1nc(C(F)(F)F)ccc1CCNC(=O)C(F)(F)F. The molecule has 0 unspecified atom stereocenters.